The number of hydrogen-bond donors (Lipinski definition) is 2. The Morgan fingerprint density at radius 1 is 1.40 bits per heavy atom. The van der Waals surface area contributed by atoms with Gasteiger partial charge in [-0.2, -0.15) is 0 Å². The van der Waals surface area contributed by atoms with Crippen molar-refractivity contribution in [3.05, 3.63) is 34.6 Å². The van der Waals surface area contributed by atoms with Crippen LogP contribution in [-0.2, 0) is 6.54 Å². The van der Waals surface area contributed by atoms with E-state index in [4.69, 9.17) is 11.6 Å². The van der Waals surface area contributed by atoms with Crippen LogP contribution in [0, 0.1) is 6.92 Å². The molecule has 106 valence electrons. The first kappa shape index (κ1) is 13.4. The molecule has 20 heavy (non-hydrogen) atoms. The molecule has 0 atom stereocenters. The minimum Gasteiger partial charge on any atom is -0.386 e. The Hall–Kier alpha value is -1.59. The molecule has 0 amide bonds. The third-order valence-electron chi connectivity index (χ3n) is 3.58. The van der Waals surface area contributed by atoms with Gasteiger partial charge in [-0.3, -0.25) is 0 Å². The third kappa shape index (κ3) is 2.64. The molecule has 2 N–H and O–H groups in total. The van der Waals surface area contributed by atoms with Crippen molar-refractivity contribution in [2.45, 2.75) is 32.4 Å². The Labute approximate surface area is 123 Å². The second kappa shape index (κ2) is 5.42. The lowest BCUT2D eigenvalue weighted by atomic mass is 10.2. The fourth-order valence-corrected chi connectivity index (χ4v) is 2.34. The number of anilines is 1. The summed E-state index contributed by atoms with van der Waals surface area (Å²) < 4.78 is 1.83. The van der Waals surface area contributed by atoms with Crippen molar-refractivity contribution in [1.82, 2.24) is 20.3 Å². The predicted octanol–water partition coefficient (Wildman–Crippen LogP) is 2.52. The monoisotopic (exact) mass is 291 g/mol. The van der Waals surface area contributed by atoms with Crippen LogP contribution in [0.5, 0.6) is 0 Å². The van der Waals surface area contributed by atoms with Crippen LogP contribution in [0.2, 0.25) is 5.02 Å². The van der Waals surface area contributed by atoms with Crippen LogP contribution in [-0.4, -0.2) is 28.1 Å². The quantitative estimate of drug-likeness (QED) is 0.889. The highest BCUT2D eigenvalue weighted by Crippen LogP contribution is 2.25. The van der Waals surface area contributed by atoms with Gasteiger partial charge in [0, 0.05) is 24.7 Å². The molecule has 1 aliphatic carbocycles. The summed E-state index contributed by atoms with van der Waals surface area (Å²) in [6, 6.07) is 6.37. The number of nitrogens with zero attached hydrogens (tertiary/aromatic N) is 3. The fourth-order valence-electron chi connectivity index (χ4n) is 2.17. The number of nitrogens with one attached hydrogen (secondary N) is 2. The van der Waals surface area contributed by atoms with Crippen LogP contribution in [0.15, 0.2) is 18.2 Å². The zero-order valence-corrected chi connectivity index (χ0v) is 12.4. The van der Waals surface area contributed by atoms with Gasteiger partial charge in [-0.1, -0.05) is 16.8 Å². The van der Waals surface area contributed by atoms with Gasteiger partial charge in [0.1, 0.15) is 0 Å². The average Bonchev–Trinajstić information content (AvgIpc) is 3.20. The number of halogens is 1. The molecule has 0 unspecified atom stereocenters. The third-order valence-corrected chi connectivity index (χ3v) is 3.82. The Bertz CT molecular complexity index is 618. The van der Waals surface area contributed by atoms with Gasteiger partial charge in [0.05, 0.1) is 22.8 Å². The predicted molar refractivity (Wildman–Crippen MR) is 80.5 cm³/mol. The van der Waals surface area contributed by atoms with Gasteiger partial charge >= 0.3 is 0 Å². The molecule has 0 saturated heterocycles. The minimum absolute atomic E-state index is 0.665. The summed E-state index contributed by atoms with van der Waals surface area (Å²) in [4.78, 5) is 0. The molecule has 1 aromatic carbocycles. The van der Waals surface area contributed by atoms with Crippen molar-refractivity contribution in [3.63, 3.8) is 0 Å². The lowest BCUT2D eigenvalue weighted by Gasteiger charge is -2.10. The SMILES string of the molecule is CNc1ccc(Cl)cc1-n1nnc(CNC2CC2)c1C. The van der Waals surface area contributed by atoms with Crippen molar-refractivity contribution >= 4 is 17.3 Å². The molecule has 2 aromatic rings. The van der Waals surface area contributed by atoms with Crippen molar-refractivity contribution in [2.24, 2.45) is 0 Å². The second-order valence-electron chi connectivity index (χ2n) is 5.10. The highest BCUT2D eigenvalue weighted by Gasteiger charge is 2.21. The molecule has 0 aliphatic heterocycles. The summed E-state index contributed by atoms with van der Waals surface area (Å²) in [6.07, 6.45) is 2.54. The summed E-state index contributed by atoms with van der Waals surface area (Å²) in [5.74, 6) is 0. The zero-order chi connectivity index (χ0) is 14.1. The minimum atomic E-state index is 0.665. The van der Waals surface area contributed by atoms with E-state index in [0.717, 1.165) is 29.3 Å². The molecule has 1 heterocycles. The van der Waals surface area contributed by atoms with Crippen LogP contribution in [0.3, 0.4) is 0 Å². The first-order valence-corrected chi connectivity index (χ1v) is 7.19. The van der Waals surface area contributed by atoms with E-state index in [1.54, 1.807) is 0 Å². The van der Waals surface area contributed by atoms with Crippen molar-refractivity contribution in [3.8, 4) is 5.69 Å². The van der Waals surface area contributed by atoms with Gasteiger partial charge in [-0.15, -0.1) is 5.10 Å². The van der Waals surface area contributed by atoms with Gasteiger partial charge in [-0.05, 0) is 38.0 Å². The molecule has 6 heteroatoms. The Morgan fingerprint density at radius 2 is 2.20 bits per heavy atom. The Kier molecular flexibility index (Phi) is 3.63. The molecule has 0 bridgehead atoms. The van der Waals surface area contributed by atoms with Crippen LogP contribution in [0.25, 0.3) is 5.69 Å². The Morgan fingerprint density at radius 3 is 2.90 bits per heavy atom. The number of benzene rings is 1. The van der Waals surface area contributed by atoms with Crippen LogP contribution >= 0.6 is 11.6 Å². The van der Waals surface area contributed by atoms with Gasteiger partial charge in [0.15, 0.2) is 0 Å². The normalized spacial score (nSPS) is 14.6. The maximum absolute atomic E-state index is 6.09. The standard InChI is InChI=1S/C14H18ClN5/c1-9-13(8-17-11-4-5-11)18-19-20(9)14-7-10(15)3-6-12(14)16-2/h3,6-7,11,16-17H,4-5,8H2,1-2H3. The molecule has 0 spiro atoms. The summed E-state index contributed by atoms with van der Waals surface area (Å²) in [5.41, 5.74) is 3.92. The molecule has 1 aliphatic rings. The van der Waals surface area contributed by atoms with Gasteiger partial charge in [-0.25, -0.2) is 4.68 Å². The first-order valence-electron chi connectivity index (χ1n) is 6.81. The molecule has 0 radical (unpaired) electrons. The second-order valence-corrected chi connectivity index (χ2v) is 5.54. The van der Waals surface area contributed by atoms with Gasteiger partial charge in [0.25, 0.3) is 0 Å². The van der Waals surface area contributed by atoms with E-state index in [1.165, 1.54) is 12.8 Å². The average molecular weight is 292 g/mol. The first-order chi connectivity index (χ1) is 9.69. The van der Waals surface area contributed by atoms with E-state index in [2.05, 4.69) is 20.9 Å². The highest BCUT2D eigenvalue weighted by atomic mass is 35.5. The highest BCUT2D eigenvalue weighted by molar-refractivity contribution is 6.30. The number of aromatic nitrogens is 3. The van der Waals surface area contributed by atoms with E-state index in [1.807, 2.05) is 36.9 Å². The fraction of sp³-hybridized carbons (Fsp3) is 0.429. The summed E-state index contributed by atoms with van der Waals surface area (Å²) in [6.45, 7) is 2.80. The lowest BCUT2D eigenvalue weighted by Crippen LogP contribution is -2.16. The largest absolute Gasteiger partial charge is 0.386 e. The zero-order valence-electron chi connectivity index (χ0n) is 11.7. The number of hydrogen-bond acceptors (Lipinski definition) is 4. The Balaban J connectivity index is 1.91. The molecule has 5 nitrogen and oxygen atoms in total. The lowest BCUT2D eigenvalue weighted by molar-refractivity contribution is 0.670. The molecule has 1 aromatic heterocycles. The van der Waals surface area contributed by atoms with E-state index in [0.29, 0.717) is 11.1 Å². The van der Waals surface area contributed by atoms with E-state index in [9.17, 15) is 0 Å². The van der Waals surface area contributed by atoms with E-state index in [-0.39, 0.29) is 0 Å². The van der Waals surface area contributed by atoms with Crippen molar-refractivity contribution in [2.75, 3.05) is 12.4 Å². The smallest absolute Gasteiger partial charge is 0.0998 e. The maximum Gasteiger partial charge on any atom is 0.0998 e. The molecular weight excluding hydrogens is 274 g/mol. The molecular formula is C14H18ClN5. The maximum atomic E-state index is 6.09. The van der Waals surface area contributed by atoms with Crippen molar-refractivity contribution < 1.29 is 0 Å². The van der Waals surface area contributed by atoms with Crippen molar-refractivity contribution in [1.29, 1.82) is 0 Å². The topological polar surface area (TPSA) is 54.8 Å². The summed E-state index contributed by atoms with van der Waals surface area (Å²) in [7, 11) is 1.88. The van der Waals surface area contributed by atoms with Crippen LogP contribution < -0.4 is 10.6 Å². The van der Waals surface area contributed by atoms with Crippen LogP contribution in [0.1, 0.15) is 24.2 Å². The summed E-state index contributed by atoms with van der Waals surface area (Å²) in [5, 5.41) is 15.8. The van der Waals surface area contributed by atoms with Crippen LogP contribution in [0.4, 0.5) is 5.69 Å². The summed E-state index contributed by atoms with van der Waals surface area (Å²) >= 11 is 6.09. The molecule has 1 saturated carbocycles. The van der Waals surface area contributed by atoms with Gasteiger partial charge in [0.2, 0.25) is 0 Å². The molecule has 1 fully saturated rings. The van der Waals surface area contributed by atoms with E-state index < -0.39 is 0 Å². The number of rotatable bonds is 5. The van der Waals surface area contributed by atoms with E-state index >= 15 is 0 Å². The molecule has 3 rings (SSSR count). The van der Waals surface area contributed by atoms with Gasteiger partial charge < -0.3 is 10.6 Å².